The molecule has 0 aliphatic carbocycles. The third kappa shape index (κ3) is 5.50. The maximum atomic E-state index is 12.7. The number of nitrogens with zero attached hydrogens (tertiary/aromatic N) is 2. The minimum absolute atomic E-state index is 0.116. The smallest absolute Gasteiger partial charge is 0.416 e. The van der Waals surface area contributed by atoms with Crippen LogP contribution in [0.25, 0.3) is 0 Å². The number of benzene rings is 3. The number of hydrogen-bond acceptors (Lipinski definition) is 3. The van der Waals surface area contributed by atoms with E-state index in [9.17, 15) is 13.2 Å². The van der Waals surface area contributed by atoms with Gasteiger partial charge in [0.25, 0.3) is 0 Å². The van der Waals surface area contributed by atoms with Crippen molar-refractivity contribution in [2.24, 2.45) is 0 Å². The summed E-state index contributed by atoms with van der Waals surface area (Å²) in [6, 6.07) is 23.6. The van der Waals surface area contributed by atoms with Gasteiger partial charge in [-0.3, -0.25) is 4.90 Å². The van der Waals surface area contributed by atoms with Gasteiger partial charge in [0, 0.05) is 37.4 Å². The van der Waals surface area contributed by atoms with Crippen molar-refractivity contribution in [3.63, 3.8) is 0 Å². The molecule has 3 aromatic rings. The van der Waals surface area contributed by atoms with E-state index < -0.39 is 11.7 Å². The standard InChI is InChI=1S/C27H29F3N2O/c1-26(2,32-18-16-31(17-19-32)24-6-4-3-5-7-24)22-12-14-25(15-13-22)33-20-21-8-10-23(11-9-21)27(28,29)30/h3-15H,16-20H2,1-2H3. The SMILES string of the molecule is CC(C)(c1ccc(OCc2ccc(C(F)(F)F)cc2)cc1)N1CCN(c2ccccc2)CC1. The van der Waals surface area contributed by atoms with Gasteiger partial charge in [0.05, 0.1) is 5.56 Å². The zero-order chi connectivity index (χ0) is 23.5. The number of hydrogen-bond donors (Lipinski definition) is 0. The fourth-order valence-corrected chi connectivity index (χ4v) is 4.26. The van der Waals surface area contributed by atoms with E-state index >= 15 is 0 Å². The molecule has 3 aromatic carbocycles. The molecule has 0 N–H and O–H groups in total. The average Bonchev–Trinajstić information content (AvgIpc) is 2.83. The number of rotatable bonds is 6. The molecule has 0 atom stereocenters. The van der Waals surface area contributed by atoms with Gasteiger partial charge >= 0.3 is 6.18 Å². The number of alkyl halides is 3. The van der Waals surface area contributed by atoms with E-state index in [1.165, 1.54) is 23.4 Å². The second kappa shape index (κ2) is 9.48. The van der Waals surface area contributed by atoms with E-state index in [1.807, 2.05) is 18.2 Å². The van der Waals surface area contributed by atoms with Gasteiger partial charge in [-0.25, -0.2) is 0 Å². The van der Waals surface area contributed by atoms with Crippen LogP contribution in [0.1, 0.15) is 30.5 Å². The molecule has 1 aliphatic heterocycles. The Kier molecular flexibility index (Phi) is 6.66. The molecule has 1 heterocycles. The second-order valence-electron chi connectivity index (χ2n) is 8.88. The molecule has 0 bridgehead atoms. The summed E-state index contributed by atoms with van der Waals surface area (Å²) in [4.78, 5) is 4.93. The quantitative estimate of drug-likeness (QED) is 0.432. The van der Waals surface area contributed by atoms with E-state index in [-0.39, 0.29) is 12.1 Å². The van der Waals surface area contributed by atoms with Crippen molar-refractivity contribution in [3.8, 4) is 5.75 Å². The van der Waals surface area contributed by atoms with Crippen LogP contribution in [-0.4, -0.2) is 31.1 Å². The lowest BCUT2D eigenvalue weighted by Gasteiger charge is -2.45. The molecule has 0 radical (unpaired) electrons. The van der Waals surface area contributed by atoms with Gasteiger partial charge in [-0.2, -0.15) is 13.2 Å². The average molecular weight is 455 g/mol. The summed E-state index contributed by atoms with van der Waals surface area (Å²) in [5.41, 5.74) is 2.41. The van der Waals surface area contributed by atoms with Crippen LogP contribution in [-0.2, 0) is 18.3 Å². The van der Waals surface area contributed by atoms with Crippen molar-refractivity contribution in [1.82, 2.24) is 4.90 Å². The molecule has 0 amide bonds. The first-order valence-electron chi connectivity index (χ1n) is 11.2. The van der Waals surface area contributed by atoms with Crippen LogP contribution in [0.15, 0.2) is 78.9 Å². The predicted molar refractivity (Wildman–Crippen MR) is 125 cm³/mol. The summed E-state index contributed by atoms with van der Waals surface area (Å²) in [7, 11) is 0. The molecule has 6 heteroatoms. The Balaban J connectivity index is 1.33. The first-order chi connectivity index (χ1) is 15.7. The number of ether oxygens (including phenoxy) is 1. The van der Waals surface area contributed by atoms with Crippen molar-refractivity contribution in [2.75, 3.05) is 31.1 Å². The van der Waals surface area contributed by atoms with Crippen LogP contribution in [0.3, 0.4) is 0 Å². The molecule has 4 rings (SSSR count). The highest BCUT2D eigenvalue weighted by molar-refractivity contribution is 5.46. The minimum Gasteiger partial charge on any atom is -0.489 e. The monoisotopic (exact) mass is 454 g/mol. The van der Waals surface area contributed by atoms with Crippen LogP contribution in [0, 0.1) is 0 Å². The lowest BCUT2D eigenvalue weighted by Crippen LogP contribution is -2.53. The Morgan fingerprint density at radius 2 is 1.30 bits per heavy atom. The minimum atomic E-state index is -4.32. The highest BCUT2D eigenvalue weighted by Gasteiger charge is 2.32. The molecular weight excluding hydrogens is 425 g/mol. The zero-order valence-corrected chi connectivity index (χ0v) is 19.0. The van der Waals surface area contributed by atoms with Gasteiger partial charge in [-0.1, -0.05) is 42.5 Å². The van der Waals surface area contributed by atoms with Gasteiger partial charge in [0.1, 0.15) is 12.4 Å². The lowest BCUT2D eigenvalue weighted by molar-refractivity contribution is -0.137. The van der Waals surface area contributed by atoms with E-state index in [2.05, 4.69) is 60.0 Å². The lowest BCUT2D eigenvalue weighted by atomic mass is 9.91. The third-order valence-corrected chi connectivity index (χ3v) is 6.44. The number of para-hydroxylation sites is 1. The molecule has 0 unspecified atom stereocenters. The summed E-state index contributed by atoms with van der Waals surface area (Å²) in [6.07, 6.45) is -4.32. The molecular formula is C27H29F3N2O. The molecule has 1 aliphatic rings. The summed E-state index contributed by atoms with van der Waals surface area (Å²) < 4.78 is 43.9. The third-order valence-electron chi connectivity index (χ3n) is 6.44. The van der Waals surface area contributed by atoms with Crippen LogP contribution in [0.5, 0.6) is 5.75 Å². The van der Waals surface area contributed by atoms with Crippen LogP contribution in [0.2, 0.25) is 0 Å². The van der Waals surface area contributed by atoms with Crippen LogP contribution >= 0.6 is 0 Å². The Labute approximate surface area is 193 Å². The molecule has 174 valence electrons. The Morgan fingerprint density at radius 3 is 1.88 bits per heavy atom. The highest BCUT2D eigenvalue weighted by Crippen LogP contribution is 2.32. The second-order valence-corrected chi connectivity index (χ2v) is 8.88. The van der Waals surface area contributed by atoms with Crippen molar-refractivity contribution < 1.29 is 17.9 Å². The summed E-state index contributed by atoms with van der Waals surface area (Å²) in [5, 5.41) is 0. The van der Waals surface area contributed by atoms with Crippen molar-refractivity contribution in [2.45, 2.75) is 32.2 Å². The normalized spacial score (nSPS) is 15.5. The van der Waals surface area contributed by atoms with Crippen molar-refractivity contribution in [3.05, 3.63) is 95.6 Å². The van der Waals surface area contributed by atoms with E-state index in [0.29, 0.717) is 11.3 Å². The number of halogens is 3. The maximum absolute atomic E-state index is 12.7. The summed E-state index contributed by atoms with van der Waals surface area (Å²) in [5.74, 6) is 0.698. The van der Waals surface area contributed by atoms with Crippen molar-refractivity contribution in [1.29, 1.82) is 0 Å². The molecule has 0 aromatic heterocycles. The van der Waals surface area contributed by atoms with Crippen molar-refractivity contribution >= 4 is 5.69 Å². The molecule has 1 fully saturated rings. The van der Waals surface area contributed by atoms with Gasteiger partial charge in [0.15, 0.2) is 0 Å². The fraction of sp³-hybridized carbons (Fsp3) is 0.333. The van der Waals surface area contributed by atoms with E-state index in [4.69, 9.17) is 4.74 Å². The summed E-state index contributed by atoms with van der Waals surface area (Å²) in [6.45, 7) is 8.64. The topological polar surface area (TPSA) is 15.7 Å². The first kappa shape index (κ1) is 23.2. The highest BCUT2D eigenvalue weighted by atomic mass is 19.4. The van der Waals surface area contributed by atoms with Crippen LogP contribution < -0.4 is 9.64 Å². The van der Waals surface area contributed by atoms with Gasteiger partial charge < -0.3 is 9.64 Å². The molecule has 0 spiro atoms. The predicted octanol–water partition coefficient (Wildman–Crippen LogP) is 6.34. The Morgan fingerprint density at radius 1 is 0.727 bits per heavy atom. The number of anilines is 1. The largest absolute Gasteiger partial charge is 0.489 e. The van der Waals surface area contributed by atoms with Gasteiger partial charge in [0.2, 0.25) is 0 Å². The number of piperazine rings is 1. The van der Waals surface area contributed by atoms with Gasteiger partial charge in [-0.05, 0) is 61.4 Å². The molecule has 1 saturated heterocycles. The molecule has 33 heavy (non-hydrogen) atoms. The maximum Gasteiger partial charge on any atom is 0.416 e. The van der Waals surface area contributed by atoms with E-state index in [0.717, 1.165) is 38.3 Å². The zero-order valence-electron chi connectivity index (χ0n) is 19.0. The Bertz CT molecular complexity index is 1020. The molecule has 3 nitrogen and oxygen atoms in total. The van der Waals surface area contributed by atoms with E-state index in [1.54, 1.807) is 0 Å². The molecule has 0 saturated carbocycles. The first-order valence-corrected chi connectivity index (χ1v) is 11.2. The van der Waals surface area contributed by atoms with Gasteiger partial charge in [-0.15, -0.1) is 0 Å². The summed E-state index contributed by atoms with van der Waals surface area (Å²) >= 11 is 0. The van der Waals surface area contributed by atoms with Crippen LogP contribution in [0.4, 0.5) is 18.9 Å². The fourth-order valence-electron chi connectivity index (χ4n) is 4.26. The Hall–Kier alpha value is -2.99.